The minimum atomic E-state index is -0.0978. The molecular weight excluding hydrogens is 342 g/mol. The largest absolute Gasteiger partial charge is 0.332 e. The lowest BCUT2D eigenvalue weighted by atomic mass is 10.2. The van der Waals surface area contributed by atoms with Crippen LogP contribution in [0.3, 0.4) is 0 Å². The monoisotopic (exact) mass is 373 g/mol. The van der Waals surface area contributed by atoms with Gasteiger partial charge in [0.05, 0.1) is 23.6 Å². The van der Waals surface area contributed by atoms with E-state index in [4.69, 9.17) is 0 Å². The Labute approximate surface area is 161 Å². The molecule has 2 aromatic rings. The van der Waals surface area contributed by atoms with Crippen molar-refractivity contribution in [1.82, 2.24) is 34.7 Å². The van der Waals surface area contributed by atoms with E-state index in [9.17, 15) is 4.79 Å². The number of nitrogens with one attached hydrogen (secondary N) is 1. The van der Waals surface area contributed by atoms with Crippen LogP contribution in [0.25, 0.3) is 0 Å². The van der Waals surface area contributed by atoms with Crippen molar-refractivity contribution in [1.29, 1.82) is 0 Å². The number of amides is 2. The SMILES string of the molecule is CCCn1cc(CN2CCCn3nc(CNC(=O)N(C)C)cc3C2)c(C)n1. The van der Waals surface area contributed by atoms with Crippen molar-refractivity contribution in [3.63, 3.8) is 0 Å². The number of aromatic nitrogens is 4. The van der Waals surface area contributed by atoms with Gasteiger partial charge in [0, 0.05) is 58.6 Å². The molecule has 0 aliphatic carbocycles. The molecule has 1 aliphatic rings. The summed E-state index contributed by atoms with van der Waals surface area (Å²) >= 11 is 0. The van der Waals surface area contributed by atoms with Gasteiger partial charge < -0.3 is 10.2 Å². The molecule has 2 aromatic heterocycles. The molecule has 2 amide bonds. The van der Waals surface area contributed by atoms with Crippen LogP contribution in [0.15, 0.2) is 12.3 Å². The van der Waals surface area contributed by atoms with Crippen LogP contribution in [0.2, 0.25) is 0 Å². The van der Waals surface area contributed by atoms with E-state index in [1.54, 1.807) is 14.1 Å². The van der Waals surface area contributed by atoms with Gasteiger partial charge in [0.25, 0.3) is 0 Å². The third-order valence-electron chi connectivity index (χ3n) is 4.87. The summed E-state index contributed by atoms with van der Waals surface area (Å²) in [7, 11) is 3.47. The van der Waals surface area contributed by atoms with Gasteiger partial charge in [0.2, 0.25) is 0 Å². The van der Waals surface area contributed by atoms with Crippen LogP contribution >= 0.6 is 0 Å². The molecule has 8 nitrogen and oxygen atoms in total. The maximum absolute atomic E-state index is 11.7. The summed E-state index contributed by atoms with van der Waals surface area (Å²) in [5, 5.41) is 12.2. The Morgan fingerprint density at radius 2 is 2.11 bits per heavy atom. The van der Waals surface area contributed by atoms with E-state index in [1.165, 1.54) is 16.2 Å². The standard InChI is InChI=1S/C19H31N7O/c1-5-7-25-13-16(15(2)21-25)12-24-8-6-9-26-18(14-24)10-17(22-26)11-20-19(27)23(3)4/h10,13H,5-9,11-12,14H2,1-4H3,(H,20,27). The third-order valence-corrected chi connectivity index (χ3v) is 4.87. The zero-order valence-electron chi connectivity index (χ0n) is 16.9. The molecule has 0 unspecified atom stereocenters. The van der Waals surface area contributed by atoms with Crippen LogP contribution < -0.4 is 5.32 Å². The van der Waals surface area contributed by atoms with Crippen molar-refractivity contribution in [2.75, 3.05) is 20.6 Å². The third kappa shape index (κ3) is 4.88. The number of hydrogen-bond acceptors (Lipinski definition) is 4. The summed E-state index contributed by atoms with van der Waals surface area (Å²) < 4.78 is 4.14. The van der Waals surface area contributed by atoms with Gasteiger partial charge in [0.15, 0.2) is 0 Å². The van der Waals surface area contributed by atoms with E-state index < -0.39 is 0 Å². The molecule has 148 valence electrons. The molecule has 0 bridgehead atoms. The van der Waals surface area contributed by atoms with Gasteiger partial charge in [0.1, 0.15) is 0 Å². The lowest BCUT2D eigenvalue weighted by Gasteiger charge is -2.18. The highest BCUT2D eigenvalue weighted by Gasteiger charge is 2.18. The molecule has 8 heteroatoms. The molecule has 27 heavy (non-hydrogen) atoms. The van der Waals surface area contributed by atoms with Crippen molar-refractivity contribution in [2.45, 2.75) is 59.4 Å². The normalized spacial score (nSPS) is 14.7. The molecule has 1 aliphatic heterocycles. The summed E-state index contributed by atoms with van der Waals surface area (Å²) in [6.07, 6.45) is 4.35. The fourth-order valence-corrected chi connectivity index (χ4v) is 3.43. The minimum absolute atomic E-state index is 0.0978. The Bertz CT molecular complexity index is 777. The van der Waals surface area contributed by atoms with Gasteiger partial charge in [-0.3, -0.25) is 14.3 Å². The Morgan fingerprint density at radius 1 is 1.30 bits per heavy atom. The summed E-state index contributed by atoms with van der Waals surface area (Å²) in [6.45, 7) is 9.44. The second-order valence-electron chi connectivity index (χ2n) is 7.47. The molecule has 3 rings (SSSR count). The molecule has 0 saturated heterocycles. The minimum Gasteiger partial charge on any atom is -0.332 e. The molecule has 0 aromatic carbocycles. The van der Waals surface area contributed by atoms with Crippen LogP contribution in [0.4, 0.5) is 4.79 Å². The highest BCUT2D eigenvalue weighted by molar-refractivity contribution is 5.73. The Balaban J connectivity index is 1.64. The number of carbonyl (C=O) groups is 1. The molecule has 1 N–H and O–H groups in total. The first kappa shape index (κ1) is 19.4. The fraction of sp³-hybridized carbons (Fsp3) is 0.632. The first-order valence-electron chi connectivity index (χ1n) is 9.72. The van der Waals surface area contributed by atoms with E-state index in [2.05, 4.69) is 55.9 Å². The molecule has 3 heterocycles. The highest BCUT2D eigenvalue weighted by atomic mass is 16.2. The molecular formula is C19H31N7O. The summed E-state index contributed by atoms with van der Waals surface area (Å²) in [4.78, 5) is 15.7. The van der Waals surface area contributed by atoms with E-state index in [0.29, 0.717) is 6.54 Å². The zero-order chi connectivity index (χ0) is 19.4. The quantitative estimate of drug-likeness (QED) is 0.840. The zero-order valence-corrected chi connectivity index (χ0v) is 16.9. The first-order valence-corrected chi connectivity index (χ1v) is 9.72. The van der Waals surface area contributed by atoms with Gasteiger partial charge in [-0.2, -0.15) is 10.2 Å². The van der Waals surface area contributed by atoms with Crippen LogP contribution in [0, 0.1) is 6.92 Å². The number of fused-ring (bicyclic) bond motifs is 1. The fourth-order valence-electron chi connectivity index (χ4n) is 3.43. The molecule has 0 radical (unpaired) electrons. The highest BCUT2D eigenvalue weighted by Crippen LogP contribution is 2.18. The van der Waals surface area contributed by atoms with E-state index in [-0.39, 0.29) is 6.03 Å². The topological polar surface area (TPSA) is 71.2 Å². The first-order chi connectivity index (χ1) is 13.0. The van der Waals surface area contributed by atoms with E-state index >= 15 is 0 Å². The smallest absolute Gasteiger partial charge is 0.317 e. The van der Waals surface area contributed by atoms with Gasteiger partial charge in [-0.25, -0.2) is 4.79 Å². The lowest BCUT2D eigenvalue weighted by molar-refractivity contribution is 0.217. The van der Waals surface area contributed by atoms with Crippen molar-refractivity contribution in [3.8, 4) is 0 Å². The van der Waals surface area contributed by atoms with Crippen molar-refractivity contribution < 1.29 is 4.79 Å². The number of urea groups is 1. The number of rotatable bonds is 6. The predicted octanol–water partition coefficient (Wildman–Crippen LogP) is 1.98. The Hall–Kier alpha value is -2.35. The molecule has 0 saturated carbocycles. The maximum atomic E-state index is 11.7. The van der Waals surface area contributed by atoms with E-state index in [0.717, 1.165) is 57.0 Å². The van der Waals surface area contributed by atoms with Crippen LogP contribution in [0.5, 0.6) is 0 Å². The van der Waals surface area contributed by atoms with Crippen molar-refractivity contribution in [3.05, 3.63) is 34.9 Å². The van der Waals surface area contributed by atoms with Crippen molar-refractivity contribution >= 4 is 6.03 Å². The van der Waals surface area contributed by atoms with Gasteiger partial charge in [-0.05, 0) is 25.8 Å². The number of carbonyl (C=O) groups excluding carboxylic acids is 1. The Kier molecular flexibility index (Phi) is 6.15. The number of nitrogens with zero attached hydrogens (tertiary/aromatic N) is 6. The number of hydrogen-bond donors (Lipinski definition) is 1. The molecule has 0 fully saturated rings. The van der Waals surface area contributed by atoms with Crippen LogP contribution in [-0.4, -0.2) is 56.0 Å². The van der Waals surface area contributed by atoms with E-state index in [1.807, 2.05) is 0 Å². The van der Waals surface area contributed by atoms with Gasteiger partial charge in [-0.15, -0.1) is 0 Å². The van der Waals surface area contributed by atoms with Crippen molar-refractivity contribution in [2.24, 2.45) is 0 Å². The lowest BCUT2D eigenvalue weighted by Crippen LogP contribution is -2.34. The number of aryl methyl sites for hydroxylation is 3. The maximum Gasteiger partial charge on any atom is 0.317 e. The van der Waals surface area contributed by atoms with Gasteiger partial charge >= 0.3 is 6.03 Å². The summed E-state index contributed by atoms with van der Waals surface area (Å²) in [6, 6.07) is 2.01. The van der Waals surface area contributed by atoms with Crippen LogP contribution in [-0.2, 0) is 32.7 Å². The predicted molar refractivity (Wildman–Crippen MR) is 104 cm³/mol. The van der Waals surface area contributed by atoms with Crippen LogP contribution in [0.1, 0.15) is 42.4 Å². The average molecular weight is 374 g/mol. The Morgan fingerprint density at radius 3 is 2.85 bits per heavy atom. The second kappa shape index (κ2) is 8.56. The molecule has 0 atom stereocenters. The van der Waals surface area contributed by atoms with Gasteiger partial charge in [-0.1, -0.05) is 6.92 Å². The summed E-state index contributed by atoms with van der Waals surface area (Å²) in [5.41, 5.74) is 4.54. The molecule has 0 spiro atoms. The average Bonchev–Trinajstić information content (AvgIpc) is 3.10. The second-order valence-corrected chi connectivity index (χ2v) is 7.47. The summed E-state index contributed by atoms with van der Waals surface area (Å²) in [5.74, 6) is 0.